The minimum atomic E-state index is -0.831. The lowest BCUT2D eigenvalue weighted by atomic mass is 9.91. The SMILES string of the molecule is COc1ccc(N2C(=O)[C@H](OC)[C@@H]2[C@@H](C#Cc2ccccc2)OC(C)=O)cc1. The molecular weight excluding hydrogens is 358 g/mol. The van der Waals surface area contributed by atoms with Crippen molar-refractivity contribution in [2.75, 3.05) is 19.1 Å². The number of carbonyl (C=O) groups is 2. The first kappa shape index (κ1) is 19.5. The van der Waals surface area contributed by atoms with Gasteiger partial charge >= 0.3 is 5.97 Å². The number of nitrogens with zero attached hydrogens (tertiary/aromatic N) is 1. The van der Waals surface area contributed by atoms with Gasteiger partial charge in [0.15, 0.2) is 12.2 Å². The lowest BCUT2D eigenvalue weighted by Crippen LogP contribution is -2.70. The van der Waals surface area contributed by atoms with Crippen LogP contribution < -0.4 is 9.64 Å². The molecule has 28 heavy (non-hydrogen) atoms. The Kier molecular flexibility index (Phi) is 5.97. The highest BCUT2D eigenvalue weighted by molar-refractivity contribution is 6.05. The van der Waals surface area contributed by atoms with E-state index in [1.54, 1.807) is 36.3 Å². The quantitative estimate of drug-likeness (QED) is 0.454. The number of esters is 1. The lowest BCUT2D eigenvalue weighted by Gasteiger charge is -2.47. The molecule has 0 bridgehead atoms. The van der Waals surface area contributed by atoms with Gasteiger partial charge in [-0.15, -0.1) is 0 Å². The molecule has 6 nitrogen and oxygen atoms in total. The van der Waals surface area contributed by atoms with Crippen LogP contribution in [0, 0.1) is 11.8 Å². The Morgan fingerprint density at radius 2 is 1.75 bits per heavy atom. The van der Waals surface area contributed by atoms with Crippen molar-refractivity contribution < 1.29 is 23.8 Å². The van der Waals surface area contributed by atoms with E-state index >= 15 is 0 Å². The minimum Gasteiger partial charge on any atom is -0.497 e. The molecule has 1 heterocycles. The van der Waals surface area contributed by atoms with Crippen molar-refractivity contribution in [1.29, 1.82) is 0 Å². The molecule has 6 heteroatoms. The van der Waals surface area contributed by atoms with Crippen LogP contribution in [0.5, 0.6) is 5.75 Å². The molecule has 144 valence electrons. The summed E-state index contributed by atoms with van der Waals surface area (Å²) in [5, 5.41) is 0. The van der Waals surface area contributed by atoms with Crippen molar-refractivity contribution in [3.8, 4) is 17.6 Å². The van der Waals surface area contributed by atoms with Crippen molar-refractivity contribution in [2.24, 2.45) is 0 Å². The first-order chi connectivity index (χ1) is 13.5. The Balaban J connectivity index is 1.93. The lowest BCUT2D eigenvalue weighted by molar-refractivity contribution is -0.154. The van der Waals surface area contributed by atoms with Crippen LogP contribution in [0.4, 0.5) is 5.69 Å². The van der Waals surface area contributed by atoms with Gasteiger partial charge in [-0.3, -0.25) is 14.5 Å². The number of hydrogen-bond donors (Lipinski definition) is 0. The fraction of sp³-hybridized carbons (Fsp3) is 0.273. The van der Waals surface area contributed by atoms with Crippen molar-refractivity contribution >= 4 is 17.6 Å². The third-order valence-electron chi connectivity index (χ3n) is 4.43. The van der Waals surface area contributed by atoms with Gasteiger partial charge in [-0.1, -0.05) is 30.0 Å². The van der Waals surface area contributed by atoms with Crippen molar-refractivity contribution in [1.82, 2.24) is 0 Å². The summed E-state index contributed by atoms with van der Waals surface area (Å²) >= 11 is 0. The third kappa shape index (κ3) is 4.00. The van der Waals surface area contributed by atoms with E-state index in [4.69, 9.17) is 14.2 Å². The molecule has 1 amide bonds. The van der Waals surface area contributed by atoms with Crippen molar-refractivity contribution in [3.05, 3.63) is 60.2 Å². The molecule has 2 aromatic carbocycles. The summed E-state index contributed by atoms with van der Waals surface area (Å²) in [4.78, 5) is 25.8. The van der Waals surface area contributed by atoms with Crippen LogP contribution in [-0.4, -0.2) is 44.3 Å². The van der Waals surface area contributed by atoms with Crippen LogP contribution in [0.1, 0.15) is 12.5 Å². The van der Waals surface area contributed by atoms with Crippen LogP contribution in [-0.2, 0) is 19.1 Å². The van der Waals surface area contributed by atoms with Gasteiger partial charge in [0, 0.05) is 25.3 Å². The van der Waals surface area contributed by atoms with Gasteiger partial charge in [0.25, 0.3) is 5.91 Å². The predicted molar refractivity (Wildman–Crippen MR) is 104 cm³/mol. The van der Waals surface area contributed by atoms with Crippen LogP contribution in [0.2, 0.25) is 0 Å². The van der Waals surface area contributed by atoms with E-state index in [2.05, 4.69) is 11.8 Å². The average Bonchev–Trinajstić information content (AvgIpc) is 2.71. The highest BCUT2D eigenvalue weighted by Gasteiger charge is 2.53. The van der Waals surface area contributed by atoms with Crippen molar-refractivity contribution in [3.63, 3.8) is 0 Å². The van der Waals surface area contributed by atoms with Crippen LogP contribution in [0.25, 0.3) is 0 Å². The predicted octanol–water partition coefficient (Wildman–Crippen LogP) is 2.41. The smallest absolute Gasteiger partial charge is 0.303 e. The fourth-order valence-corrected chi connectivity index (χ4v) is 3.10. The zero-order valence-electron chi connectivity index (χ0n) is 15.9. The molecule has 0 saturated carbocycles. The van der Waals surface area contributed by atoms with E-state index in [0.717, 1.165) is 5.56 Å². The number of benzene rings is 2. The van der Waals surface area contributed by atoms with E-state index in [1.165, 1.54) is 14.0 Å². The van der Waals surface area contributed by atoms with E-state index in [1.807, 2.05) is 30.3 Å². The number of rotatable bonds is 5. The Labute approximate surface area is 164 Å². The molecular formula is C22H21NO5. The highest BCUT2D eigenvalue weighted by atomic mass is 16.5. The molecule has 0 N–H and O–H groups in total. The van der Waals surface area contributed by atoms with Crippen LogP contribution in [0.3, 0.4) is 0 Å². The summed E-state index contributed by atoms with van der Waals surface area (Å²) in [5.41, 5.74) is 1.44. The van der Waals surface area contributed by atoms with E-state index in [-0.39, 0.29) is 5.91 Å². The second-order valence-corrected chi connectivity index (χ2v) is 6.22. The highest BCUT2D eigenvalue weighted by Crippen LogP contribution is 2.33. The number of β-lactam (4-membered cyclic amide) rings is 1. The van der Waals surface area contributed by atoms with Crippen LogP contribution in [0.15, 0.2) is 54.6 Å². The number of hydrogen-bond acceptors (Lipinski definition) is 5. The Bertz CT molecular complexity index is 898. The summed E-state index contributed by atoms with van der Waals surface area (Å²) in [6, 6.07) is 15.9. The average molecular weight is 379 g/mol. The normalized spacial score (nSPS) is 19.1. The van der Waals surface area contributed by atoms with E-state index in [9.17, 15) is 9.59 Å². The first-order valence-electron chi connectivity index (χ1n) is 8.79. The number of ether oxygens (including phenoxy) is 3. The van der Waals surface area contributed by atoms with Gasteiger partial charge in [-0.25, -0.2) is 0 Å². The number of carbonyl (C=O) groups excluding carboxylic acids is 2. The topological polar surface area (TPSA) is 65.1 Å². The Morgan fingerprint density at radius 1 is 1.07 bits per heavy atom. The first-order valence-corrected chi connectivity index (χ1v) is 8.79. The number of amides is 1. The van der Waals surface area contributed by atoms with Gasteiger partial charge in [0.1, 0.15) is 11.8 Å². The summed E-state index contributed by atoms with van der Waals surface area (Å²) < 4.78 is 16.0. The second kappa shape index (κ2) is 8.59. The summed E-state index contributed by atoms with van der Waals surface area (Å²) in [7, 11) is 3.03. The molecule has 3 rings (SSSR count). The zero-order valence-corrected chi connectivity index (χ0v) is 15.9. The Hall–Kier alpha value is -3.30. The summed E-state index contributed by atoms with van der Waals surface area (Å²) in [6.07, 6.45) is -1.57. The van der Waals surface area contributed by atoms with Gasteiger partial charge in [-0.05, 0) is 36.4 Å². The maximum absolute atomic E-state index is 12.6. The van der Waals surface area contributed by atoms with Crippen LogP contribution >= 0.6 is 0 Å². The molecule has 0 aliphatic carbocycles. The zero-order chi connectivity index (χ0) is 20.1. The molecule has 0 aromatic heterocycles. The van der Waals surface area contributed by atoms with Crippen molar-refractivity contribution in [2.45, 2.75) is 25.2 Å². The third-order valence-corrected chi connectivity index (χ3v) is 4.43. The van der Waals surface area contributed by atoms with Gasteiger partial charge < -0.3 is 14.2 Å². The minimum absolute atomic E-state index is 0.212. The maximum Gasteiger partial charge on any atom is 0.303 e. The van der Waals surface area contributed by atoms with Gasteiger partial charge in [0.2, 0.25) is 0 Å². The molecule has 0 unspecified atom stereocenters. The fourth-order valence-electron chi connectivity index (χ4n) is 3.10. The molecule has 0 spiro atoms. The summed E-state index contributed by atoms with van der Waals surface area (Å²) in [5.74, 6) is 5.98. The maximum atomic E-state index is 12.6. The molecule has 1 aliphatic rings. The molecule has 2 aromatic rings. The van der Waals surface area contributed by atoms with Gasteiger partial charge in [-0.2, -0.15) is 0 Å². The van der Waals surface area contributed by atoms with E-state index in [0.29, 0.717) is 11.4 Å². The standard InChI is InChI=1S/C22H21NO5/c1-15(24)28-19(14-9-16-7-5-4-6-8-16)20-21(27-3)22(25)23(20)17-10-12-18(26-2)13-11-17/h4-8,10-13,19-21H,1-3H3/t19-,20+,21-/m1/s1. The molecule has 1 saturated heterocycles. The summed E-state index contributed by atoms with van der Waals surface area (Å²) in [6.45, 7) is 1.32. The van der Waals surface area contributed by atoms with Gasteiger partial charge in [0.05, 0.1) is 7.11 Å². The molecule has 0 radical (unpaired) electrons. The molecule has 3 atom stereocenters. The van der Waals surface area contributed by atoms with E-state index < -0.39 is 24.2 Å². The monoisotopic (exact) mass is 379 g/mol. The second-order valence-electron chi connectivity index (χ2n) is 6.22. The number of methoxy groups -OCH3 is 2. The molecule has 1 fully saturated rings. The molecule has 1 aliphatic heterocycles. The number of anilines is 1. The largest absolute Gasteiger partial charge is 0.497 e. The Morgan fingerprint density at radius 3 is 2.32 bits per heavy atom.